The van der Waals surface area contributed by atoms with Crippen molar-refractivity contribution in [3.8, 4) is 11.5 Å². The zero-order chi connectivity index (χ0) is 24.8. The fourth-order valence-electron chi connectivity index (χ4n) is 3.24. The summed E-state index contributed by atoms with van der Waals surface area (Å²) < 4.78 is 11.9. The van der Waals surface area contributed by atoms with Gasteiger partial charge in [0.25, 0.3) is 5.91 Å². The molecule has 0 bridgehead atoms. The molecule has 0 aromatic heterocycles. The highest BCUT2D eigenvalue weighted by atomic mass is 79.9. The van der Waals surface area contributed by atoms with Crippen molar-refractivity contribution in [2.75, 3.05) is 13.7 Å². The van der Waals surface area contributed by atoms with E-state index >= 15 is 0 Å². The molecule has 2 aromatic rings. The second-order valence-electron chi connectivity index (χ2n) is 9.42. The third-order valence-electron chi connectivity index (χ3n) is 5.13. The smallest absolute Gasteiger partial charge is 0.261 e. The number of halogens is 1. The molecule has 2 rings (SSSR count). The molecule has 0 saturated carbocycles. The molecule has 33 heavy (non-hydrogen) atoms. The molecule has 0 heterocycles. The predicted molar refractivity (Wildman–Crippen MR) is 135 cm³/mol. The van der Waals surface area contributed by atoms with E-state index in [2.05, 4.69) is 35.1 Å². The average Bonchev–Trinajstić information content (AvgIpc) is 2.74. The zero-order valence-corrected chi connectivity index (χ0v) is 22.2. The van der Waals surface area contributed by atoms with Crippen molar-refractivity contribution in [3.05, 3.63) is 58.1 Å². The first-order valence-electron chi connectivity index (χ1n) is 11.1. The first-order chi connectivity index (χ1) is 15.4. The van der Waals surface area contributed by atoms with Gasteiger partial charge in [0.2, 0.25) is 5.91 Å². The molecule has 7 heteroatoms. The lowest BCUT2D eigenvalue weighted by molar-refractivity contribution is -0.142. The summed E-state index contributed by atoms with van der Waals surface area (Å²) in [6.07, 6.45) is 0. The molecule has 0 saturated heterocycles. The Morgan fingerprint density at radius 3 is 2.36 bits per heavy atom. The molecular weight excluding hydrogens is 484 g/mol. The van der Waals surface area contributed by atoms with Gasteiger partial charge in [-0.3, -0.25) is 9.59 Å². The number of nitrogens with one attached hydrogen (secondary N) is 1. The van der Waals surface area contributed by atoms with Gasteiger partial charge in [-0.15, -0.1) is 0 Å². The Labute approximate surface area is 205 Å². The highest BCUT2D eigenvalue weighted by Crippen LogP contribution is 2.29. The SMILES string of the molecule is COc1cccc(CN(C(=O)COc2ccc(C(C)C)cc2Br)[C@H](C)C(=O)NC(C)(C)C)c1. The van der Waals surface area contributed by atoms with E-state index in [1.807, 2.05) is 63.2 Å². The Morgan fingerprint density at radius 1 is 1.09 bits per heavy atom. The minimum absolute atomic E-state index is 0.184. The number of rotatable bonds is 9. The van der Waals surface area contributed by atoms with Gasteiger partial charge in [-0.2, -0.15) is 0 Å². The Morgan fingerprint density at radius 2 is 1.79 bits per heavy atom. The van der Waals surface area contributed by atoms with E-state index in [0.717, 1.165) is 10.0 Å². The van der Waals surface area contributed by atoms with E-state index in [1.165, 1.54) is 10.5 Å². The standard InChI is InChI=1S/C26H35BrN2O4/c1-17(2)20-11-12-23(22(27)14-20)33-16-24(30)29(18(3)25(31)28-26(4,5)6)15-19-9-8-10-21(13-19)32-7/h8-14,17-18H,15-16H2,1-7H3,(H,28,31)/t18-/m1/s1. The van der Waals surface area contributed by atoms with Crippen LogP contribution in [0.4, 0.5) is 0 Å². The molecule has 6 nitrogen and oxygen atoms in total. The van der Waals surface area contributed by atoms with E-state index in [0.29, 0.717) is 17.4 Å². The molecule has 1 atom stereocenters. The van der Waals surface area contributed by atoms with Gasteiger partial charge in [0.1, 0.15) is 17.5 Å². The van der Waals surface area contributed by atoms with Gasteiger partial charge in [-0.05, 0) is 84.9 Å². The van der Waals surface area contributed by atoms with E-state index < -0.39 is 11.6 Å². The number of ether oxygens (including phenoxy) is 2. The van der Waals surface area contributed by atoms with Gasteiger partial charge in [-0.1, -0.05) is 32.0 Å². The van der Waals surface area contributed by atoms with Gasteiger partial charge in [0.15, 0.2) is 6.61 Å². The highest BCUT2D eigenvalue weighted by Gasteiger charge is 2.29. The number of benzene rings is 2. The first kappa shape index (κ1) is 26.7. The van der Waals surface area contributed by atoms with Gasteiger partial charge in [0.05, 0.1) is 11.6 Å². The lowest BCUT2D eigenvalue weighted by Gasteiger charge is -2.31. The fourth-order valence-corrected chi connectivity index (χ4v) is 3.75. The van der Waals surface area contributed by atoms with Crippen LogP contribution in [0, 0.1) is 0 Å². The van der Waals surface area contributed by atoms with Gasteiger partial charge in [0, 0.05) is 12.1 Å². The minimum Gasteiger partial charge on any atom is -0.497 e. The van der Waals surface area contributed by atoms with E-state index in [-0.39, 0.29) is 25.0 Å². The largest absolute Gasteiger partial charge is 0.497 e. The number of hydrogen-bond acceptors (Lipinski definition) is 4. The zero-order valence-electron chi connectivity index (χ0n) is 20.6. The monoisotopic (exact) mass is 518 g/mol. The second-order valence-corrected chi connectivity index (χ2v) is 10.3. The number of amides is 2. The van der Waals surface area contributed by atoms with Gasteiger partial charge in [-0.25, -0.2) is 0 Å². The molecular formula is C26H35BrN2O4. The van der Waals surface area contributed by atoms with Crippen LogP contribution in [-0.2, 0) is 16.1 Å². The lowest BCUT2D eigenvalue weighted by Crippen LogP contribution is -2.53. The molecule has 0 spiro atoms. The summed E-state index contributed by atoms with van der Waals surface area (Å²) in [5.41, 5.74) is 1.63. The fraction of sp³-hybridized carbons (Fsp3) is 0.462. The van der Waals surface area contributed by atoms with Crippen molar-refractivity contribution in [1.29, 1.82) is 0 Å². The molecule has 0 radical (unpaired) electrons. The summed E-state index contributed by atoms with van der Waals surface area (Å²) in [4.78, 5) is 27.7. The average molecular weight is 519 g/mol. The number of nitrogens with zero attached hydrogens (tertiary/aromatic N) is 1. The number of hydrogen-bond donors (Lipinski definition) is 1. The maximum atomic E-state index is 13.2. The molecule has 1 N–H and O–H groups in total. The van der Waals surface area contributed by atoms with Crippen LogP contribution in [0.15, 0.2) is 46.9 Å². The quantitative estimate of drug-likeness (QED) is 0.489. The van der Waals surface area contributed by atoms with Crippen LogP contribution in [0.5, 0.6) is 11.5 Å². The van der Waals surface area contributed by atoms with Crippen molar-refractivity contribution >= 4 is 27.7 Å². The van der Waals surface area contributed by atoms with Crippen molar-refractivity contribution in [3.63, 3.8) is 0 Å². The Hall–Kier alpha value is -2.54. The van der Waals surface area contributed by atoms with E-state index in [4.69, 9.17) is 9.47 Å². The lowest BCUT2D eigenvalue weighted by atomic mass is 10.0. The molecule has 2 aromatic carbocycles. The summed E-state index contributed by atoms with van der Waals surface area (Å²) in [6, 6.07) is 12.6. The summed E-state index contributed by atoms with van der Waals surface area (Å²) in [5.74, 6) is 1.16. The molecule has 180 valence electrons. The first-order valence-corrected chi connectivity index (χ1v) is 11.9. The summed E-state index contributed by atoms with van der Waals surface area (Å²) >= 11 is 3.53. The van der Waals surface area contributed by atoms with Crippen LogP contribution in [0.1, 0.15) is 58.6 Å². The molecule has 2 amide bonds. The van der Waals surface area contributed by atoms with Crippen LogP contribution < -0.4 is 14.8 Å². The van der Waals surface area contributed by atoms with Gasteiger partial charge >= 0.3 is 0 Å². The Balaban J connectivity index is 2.22. The topological polar surface area (TPSA) is 67.9 Å². The van der Waals surface area contributed by atoms with Crippen molar-refractivity contribution in [1.82, 2.24) is 10.2 Å². The van der Waals surface area contributed by atoms with E-state index in [9.17, 15) is 9.59 Å². The van der Waals surface area contributed by atoms with Crippen LogP contribution in [0.3, 0.4) is 0 Å². The van der Waals surface area contributed by atoms with Crippen LogP contribution in [-0.4, -0.2) is 42.0 Å². The van der Waals surface area contributed by atoms with Crippen LogP contribution in [0.2, 0.25) is 0 Å². The van der Waals surface area contributed by atoms with Crippen LogP contribution in [0.25, 0.3) is 0 Å². The highest BCUT2D eigenvalue weighted by molar-refractivity contribution is 9.10. The molecule has 0 aliphatic rings. The predicted octanol–water partition coefficient (Wildman–Crippen LogP) is 5.29. The summed E-state index contributed by atoms with van der Waals surface area (Å²) in [5, 5.41) is 2.96. The van der Waals surface area contributed by atoms with Crippen molar-refractivity contribution in [2.45, 2.75) is 65.6 Å². The Bertz CT molecular complexity index is 969. The maximum Gasteiger partial charge on any atom is 0.261 e. The van der Waals surface area contributed by atoms with E-state index in [1.54, 1.807) is 14.0 Å². The number of methoxy groups -OCH3 is 1. The minimum atomic E-state index is -0.682. The Kier molecular flexibility index (Phi) is 9.35. The molecule has 0 fully saturated rings. The van der Waals surface area contributed by atoms with Crippen molar-refractivity contribution < 1.29 is 19.1 Å². The normalized spacial score (nSPS) is 12.3. The maximum absolute atomic E-state index is 13.2. The van der Waals surface area contributed by atoms with Gasteiger partial charge < -0.3 is 19.7 Å². The molecule has 0 aliphatic heterocycles. The summed E-state index contributed by atoms with van der Waals surface area (Å²) in [7, 11) is 1.59. The molecule has 0 unspecified atom stereocenters. The summed E-state index contributed by atoms with van der Waals surface area (Å²) in [6.45, 7) is 11.8. The second kappa shape index (κ2) is 11.5. The van der Waals surface area contributed by atoms with Crippen LogP contribution >= 0.6 is 15.9 Å². The number of carbonyl (C=O) groups is 2. The third-order valence-corrected chi connectivity index (χ3v) is 5.75. The number of carbonyl (C=O) groups excluding carboxylic acids is 2. The third kappa shape index (κ3) is 8.07. The molecule has 0 aliphatic carbocycles. The van der Waals surface area contributed by atoms with Crippen molar-refractivity contribution in [2.24, 2.45) is 0 Å².